The molecule has 0 spiro atoms. The summed E-state index contributed by atoms with van der Waals surface area (Å²) < 4.78 is 0. The van der Waals surface area contributed by atoms with E-state index >= 15 is 0 Å². The van der Waals surface area contributed by atoms with E-state index in [9.17, 15) is 9.59 Å². The number of carboxylic acids is 2. The average molecular weight is 200 g/mol. The fraction of sp³-hybridized carbons (Fsp3) is 0.400. The number of carbonyl (C=O) groups is 2. The lowest BCUT2D eigenvalue weighted by molar-refractivity contribution is -0.133. The second-order valence-corrected chi connectivity index (χ2v) is 2.69. The molecular formula is C10H16O4. The highest BCUT2D eigenvalue weighted by atomic mass is 16.4. The highest BCUT2D eigenvalue weighted by Crippen LogP contribution is 1.92. The molecule has 0 aromatic rings. The molecule has 2 N–H and O–H groups in total. The van der Waals surface area contributed by atoms with Crippen LogP contribution in [0.2, 0.25) is 0 Å². The normalized spacial score (nSPS) is 9.79. The highest BCUT2D eigenvalue weighted by Gasteiger charge is 1.95. The lowest BCUT2D eigenvalue weighted by Crippen LogP contribution is -1.94. The fourth-order valence-electron chi connectivity index (χ4n) is 0.393. The van der Waals surface area contributed by atoms with Crippen LogP contribution in [0.3, 0.4) is 0 Å². The van der Waals surface area contributed by atoms with Crippen molar-refractivity contribution in [3.63, 3.8) is 0 Å². The minimum Gasteiger partial charge on any atom is -0.478 e. The molecule has 4 nitrogen and oxygen atoms in total. The molecule has 0 aliphatic rings. The second kappa shape index (κ2) is 8.04. The quantitative estimate of drug-likeness (QED) is 0.684. The Labute approximate surface area is 83.6 Å². The van der Waals surface area contributed by atoms with E-state index in [2.05, 4.69) is 6.58 Å². The first-order valence-electron chi connectivity index (χ1n) is 4.11. The summed E-state index contributed by atoms with van der Waals surface area (Å²) in [6.45, 7) is 8.10. The van der Waals surface area contributed by atoms with Crippen molar-refractivity contribution in [1.82, 2.24) is 0 Å². The molecule has 0 fully saturated rings. The highest BCUT2D eigenvalue weighted by molar-refractivity contribution is 5.85. The van der Waals surface area contributed by atoms with Gasteiger partial charge in [-0.25, -0.2) is 9.59 Å². The van der Waals surface area contributed by atoms with E-state index in [1.54, 1.807) is 13.0 Å². The lowest BCUT2D eigenvalue weighted by atomic mass is 10.2. The number of carboxylic acid groups (broad SMARTS) is 2. The number of allylic oxidation sites excluding steroid dienone is 1. The zero-order valence-electron chi connectivity index (χ0n) is 8.70. The minimum absolute atomic E-state index is 0.176. The SMILES string of the molecule is C=C(C)C(=O)O.CCC=C(C)C(=O)O. The molecule has 0 saturated carbocycles. The first-order chi connectivity index (χ1) is 6.32. The molecule has 80 valence electrons. The molecule has 0 amide bonds. The first-order valence-corrected chi connectivity index (χ1v) is 4.11. The number of hydrogen-bond donors (Lipinski definition) is 2. The van der Waals surface area contributed by atoms with Crippen LogP contribution < -0.4 is 0 Å². The van der Waals surface area contributed by atoms with E-state index in [1.165, 1.54) is 6.92 Å². The van der Waals surface area contributed by atoms with Gasteiger partial charge >= 0.3 is 11.9 Å². The van der Waals surface area contributed by atoms with Crippen LogP contribution in [0.25, 0.3) is 0 Å². The Morgan fingerprint density at radius 2 is 1.57 bits per heavy atom. The summed E-state index contributed by atoms with van der Waals surface area (Å²) in [5, 5.41) is 16.1. The van der Waals surface area contributed by atoms with Gasteiger partial charge in [-0.15, -0.1) is 0 Å². The summed E-state index contributed by atoms with van der Waals surface area (Å²) in [6, 6.07) is 0. The van der Waals surface area contributed by atoms with Crippen LogP contribution in [0.5, 0.6) is 0 Å². The van der Waals surface area contributed by atoms with Crippen molar-refractivity contribution in [1.29, 1.82) is 0 Å². The van der Waals surface area contributed by atoms with Crippen molar-refractivity contribution in [3.05, 3.63) is 23.8 Å². The Bertz CT molecular complexity index is 239. The first kappa shape index (κ1) is 14.9. The summed E-state index contributed by atoms with van der Waals surface area (Å²) in [7, 11) is 0. The van der Waals surface area contributed by atoms with Gasteiger partial charge in [-0.3, -0.25) is 0 Å². The minimum atomic E-state index is -0.935. The number of aliphatic carboxylic acids is 2. The topological polar surface area (TPSA) is 74.6 Å². The van der Waals surface area contributed by atoms with Crippen LogP contribution in [-0.4, -0.2) is 22.2 Å². The van der Waals surface area contributed by atoms with Crippen molar-refractivity contribution in [3.8, 4) is 0 Å². The van der Waals surface area contributed by atoms with Crippen molar-refractivity contribution < 1.29 is 19.8 Å². The third-order valence-corrected chi connectivity index (χ3v) is 1.21. The van der Waals surface area contributed by atoms with Gasteiger partial charge in [0.1, 0.15) is 0 Å². The van der Waals surface area contributed by atoms with E-state index in [1.807, 2.05) is 6.92 Å². The molecule has 0 rings (SSSR count). The van der Waals surface area contributed by atoms with Crippen LogP contribution in [0, 0.1) is 0 Å². The van der Waals surface area contributed by atoms with Gasteiger partial charge in [-0.1, -0.05) is 19.6 Å². The van der Waals surface area contributed by atoms with Crippen molar-refractivity contribution in [2.24, 2.45) is 0 Å². The largest absolute Gasteiger partial charge is 0.478 e. The maximum Gasteiger partial charge on any atom is 0.330 e. The predicted molar refractivity (Wildman–Crippen MR) is 54.1 cm³/mol. The maximum atomic E-state index is 10.0. The monoisotopic (exact) mass is 200 g/mol. The summed E-state index contributed by atoms with van der Waals surface area (Å²) in [4.78, 5) is 19.6. The fourth-order valence-corrected chi connectivity index (χ4v) is 0.393. The molecule has 0 unspecified atom stereocenters. The molecule has 14 heavy (non-hydrogen) atoms. The second-order valence-electron chi connectivity index (χ2n) is 2.69. The van der Waals surface area contributed by atoms with Gasteiger partial charge in [-0.05, 0) is 20.3 Å². The van der Waals surface area contributed by atoms with Crippen LogP contribution in [0.4, 0.5) is 0 Å². The van der Waals surface area contributed by atoms with Gasteiger partial charge in [0.05, 0.1) is 0 Å². The van der Waals surface area contributed by atoms with E-state index in [0.29, 0.717) is 5.57 Å². The molecule has 0 aromatic heterocycles. The zero-order chi connectivity index (χ0) is 11.7. The van der Waals surface area contributed by atoms with Gasteiger partial charge in [0.2, 0.25) is 0 Å². The van der Waals surface area contributed by atoms with Crippen LogP contribution in [-0.2, 0) is 9.59 Å². The summed E-state index contributed by atoms with van der Waals surface area (Å²) >= 11 is 0. The predicted octanol–water partition coefficient (Wildman–Crippen LogP) is 2.07. The van der Waals surface area contributed by atoms with E-state index in [-0.39, 0.29) is 5.57 Å². The Kier molecular flexibility index (Phi) is 8.57. The average Bonchev–Trinajstić information content (AvgIpc) is 2.05. The van der Waals surface area contributed by atoms with Crippen molar-refractivity contribution in [2.75, 3.05) is 0 Å². The van der Waals surface area contributed by atoms with E-state index in [0.717, 1.165) is 6.42 Å². The van der Waals surface area contributed by atoms with Gasteiger partial charge < -0.3 is 10.2 Å². The lowest BCUT2D eigenvalue weighted by Gasteiger charge is -1.87. The number of hydrogen-bond acceptors (Lipinski definition) is 2. The zero-order valence-corrected chi connectivity index (χ0v) is 8.70. The van der Waals surface area contributed by atoms with Gasteiger partial charge in [-0.2, -0.15) is 0 Å². The Morgan fingerprint density at radius 1 is 1.21 bits per heavy atom. The van der Waals surface area contributed by atoms with Crippen LogP contribution in [0.1, 0.15) is 27.2 Å². The molecule has 4 heteroatoms. The number of rotatable bonds is 3. The van der Waals surface area contributed by atoms with E-state index in [4.69, 9.17) is 10.2 Å². The van der Waals surface area contributed by atoms with Gasteiger partial charge in [0, 0.05) is 11.1 Å². The molecule has 0 atom stereocenters. The van der Waals surface area contributed by atoms with Crippen LogP contribution >= 0.6 is 0 Å². The van der Waals surface area contributed by atoms with Crippen molar-refractivity contribution >= 4 is 11.9 Å². The Morgan fingerprint density at radius 3 is 1.64 bits per heavy atom. The third kappa shape index (κ3) is 10.4. The Hall–Kier alpha value is -1.58. The standard InChI is InChI=1S/C6H10O2.C4H6O2/c1-3-4-5(2)6(7)8;1-3(2)4(5)6/h4H,3H2,1-2H3,(H,7,8);1H2,2H3,(H,5,6). The molecule has 0 aliphatic heterocycles. The molecule has 0 saturated heterocycles. The maximum absolute atomic E-state index is 10.0. The van der Waals surface area contributed by atoms with Gasteiger partial charge in [0.15, 0.2) is 0 Å². The third-order valence-electron chi connectivity index (χ3n) is 1.21. The molecule has 0 radical (unpaired) electrons. The summed E-state index contributed by atoms with van der Waals surface area (Å²) in [5.74, 6) is -1.76. The summed E-state index contributed by atoms with van der Waals surface area (Å²) in [6.07, 6.45) is 2.47. The smallest absolute Gasteiger partial charge is 0.330 e. The van der Waals surface area contributed by atoms with Gasteiger partial charge in [0.25, 0.3) is 0 Å². The molecular weight excluding hydrogens is 184 g/mol. The molecule has 0 aromatic carbocycles. The van der Waals surface area contributed by atoms with Crippen LogP contribution in [0.15, 0.2) is 23.8 Å². The molecule has 0 bridgehead atoms. The van der Waals surface area contributed by atoms with E-state index < -0.39 is 11.9 Å². The molecule has 0 aliphatic carbocycles. The molecule has 0 heterocycles. The van der Waals surface area contributed by atoms with Crippen molar-refractivity contribution in [2.45, 2.75) is 27.2 Å². The summed E-state index contributed by atoms with van der Waals surface area (Å²) in [5.41, 5.74) is 0.600. The Balaban J connectivity index is 0.